The first-order chi connectivity index (χ1) is 9.72. The lowest BCUT2D eigenvalue weighted by Gasteiger charge is -2.18. The summed E-state index contributed by atoms with van der Waals surface area (Å²) in [6.07, 6.45) is 3.01. The maximum Gasteiger partial charge on any atom is 0.282 e. The van der Waals surface area contributed by atoms with E-state index in [1.54, 1.807) is 17.1 Å². The Balaban J connectivity index is 2.15. The maximum atomic E-state index is 13.2. The molecule has 1 aliphatic rings. The Kier molecular flexibility index (Phi) is 3.48. The minimum absolute atomic E-state index is 0.0838. The predicted molar refractivity (Wildman–Crippen MR) is 71.5 cm³/mol. The van der Waals surface area contributed by atoms with Crippen LogP contribution in [0.15, 0.2) is 18.5 Å². The molecule has 1 aliphatic carbocycles. The second kappa shape index (κ2) is 5.28. The molecule has 6 heteroatoms. The van der Waals surface area contributed by atoms with Crippen LogP contribution in [-0.4, -0.2) is 21.3 Å². The molecule has 2 heterocycles. The third-order valence-corrected chi connectivity index (χ3v) is 3.67. The molecule has 0 spiro atoms. The van der Waals surface area contributed by atoms with Crippen molar-refractivity contribution in [2.45, 2.75) is 32.2 Å². The van der Waals surface area contributed by atoms with Gasteiger partial charge in [-0.2, -0.15) is 5.10 Å². The fourth-order valence-corrected chi connectivity index (χ4v) is 2.76. The molecule has 0 fully saturated rings. The zero-order valence-corrected chi connectivity index (χ0v) is 11.0. The molecule has 0 saturated carbocycles. The fourth-order valence-electron chi connectivity index (χ4n) is 2.76. The Morgan fingerprint density at radius 1 is 1.35 bits per heavy atom. The van der Waals surface area contributed by atoms with Gasteiger partial charge in [-0.3, -0.25) is 9.67 Å². The standard InChI is InChI=1S/C14H16F2N4/c15-14(16)12-11-3-2-9-8-18-6-4-10(9)13(11)20(19-12)7-1-5-17/h4,6,8,14H,1-3,5,7,17H2. The molecule has 0 atom stereocenters. The van der Waals surface area contributed by atoms with Crippen molar-refractivity contribution in [3.8, 4) is 11.3 Å². The van der Waals surface area contributed by atoms with Crippen LogP contribution < -0.4 is 5.73 Å². The molecule has 0 amide bonds. The van der Waals surface area contributed by atoms with Crippen molar-refractivity contribution in [1.82, 2.24) is 14.8 Å². The second-order valence-corrected chi connectivity index (χ2v) is 4.91. The van der Waals surface area contributed by atoms with Crippen molar-refractivity contribution in [1.29, 1.82) is 0 Å². The first kappa shape index (κ1) is 13.2. The highest BCUT2D eigenvalue weighted by molar-refractivity contribution is 5.70. The van der Waals surface area contributed by atoms with Crippen molar-refractivity contribution in [2.24, 2.45) is 5.73 Å². The molecule has 106 valence electrons. The van der Waals surface area contributed by atoms with E-state index in [0.717, 1.165) is 29.7 Å². The van der Waals surface area contributed by atoms with Gasteiger partial charge in [-0.25, -0.2) is 8.78 Å². The minimum atomic E-state index is -2.54. The Morgan fingerprint density at radius 3 is 2.95 bits per heavy atom. The van der Waals surface area contributed by atoms with E-state index in [2.05, 4.69) is 10.1 Å². The number of alkyl halides is 2. The monoisotopic (exact) mass is 278 g/mol. The number of aromatic nitrogens is 3. The molecule has 0 aromatic carbocycles. The number of fused-ring (bicyclic) bond motifs is 3. The van der Waals surface area contributed by atoms with Gasteiger partial charge in [-0.15, -0.1) is 0 Å². The van der Waals surface area contributed by atoms with Crippen molar-refractivity contribution < 1.29 is 8.78 Å². The number of hydrogen-bond acceptors (Lipinski definition) is 3. The van der Waals surface area contributed by atoms with E-state index in [-0.39, 0.29) is 5.69 Å². The number of rotatable bonds is 4. The van der Waals surface area contributed by atoms with E-state index in [0.29, 0.717) is 25.1 Å². The van der Waals surface area contributed by atoms with Crippen LogP contribution in [0.1, 0.15) is 29.7 Å². The largest absolute Gasteiger partial charge is 0.330 e. The van der Waals surface area contributed by atoms with E-state index in [1.807, 2.05) is 6.07 Å². The summed E-state index contributed by atoms with van der Waals surface area (Å²) in [6.45, 7) is 1.08. The summed E-state index contributed by atoms with van der Waals surface area (Å²) < 4.78 is 28.0. The van der Waals surface area contributed by atoms with Crippen LogP contribution in [0.2, 0.25) is 0 Å². The summed E-state index contributed by atoms with van der Waals surface area (Å²) in [4.78, 5) is 4.11. The topological polar surface area (TPSA) is 56.7 Å². The smallest absolute Gasteiger partial charge is 0.282 e. The van der Waals surface area contributed by atoms with E-state index < -0.39 is 6.43 Å². The van der Waals surface area contributed by atoms with E-state index in [9.17, 15) is 8.78 Å². The number of hydrogen-bond donors (Lipinski definition) is 1. The Labute approximate surface area is 115 Å². The molecular formula is C14H16F2N4. The average Bonchev–Trinajstić information content (AvgIpc) is 2.84. The highest BCUT2D eigenvalue weighted by atomic mass is 19.3. The van der Waals surface area contributed by atoms with Crippen LogP contribution in [0.3, 0.4) is 0 Å². The molecule has 2 aromatic rings. The Bertz CT molecular complexity index is 622. The van der Waals surface area contributed by atoms with Gasteiger partial charge in [0.25, 0.3) is 6.43 Å². The lowest BCUT2D eigenvalue weighted by atomic mass is 9.90. The molecule has 2 aromatic heterocycles. The van der Waals surface area contributed by atoms with Crippen LogP contribution in [0, 0.1) is 0 Å². The van der Waals surface area contributed by atoms with Gasteiger partial charge in [-0.1, -0.05) is 0 Å². The van der Waals surface area contributed by atoms with Crippen molar-refractivity contribution in [3.05, 3.63) is 35.3 Å². The van der Waals surface area contributed by atoms with Crippen LogP contribution in [0.25, 0.3) is 11.3 Å². The van der Waals surface area contributed by atoms with Gasteiger partial charge >= 0.3 is 0 Å². The van der Waals surface area contributed by atoms with Crippen LogP contribution in [-0.2, 0) is 19.4 Å². The van der Waals surface area contributed by atoms with Crippen molar-refractivity contribution >= 4 is 0 Å². The molecule has 0 unspecified atom stereocenters. The van der Waals surface area contributed by atoms with E-state index in [4.69, 9.17) is 5.73 Å². The summed E-state index contributed by atoms with van der Waals surface area (Å²) in [5.41, 5.74) is 8.99. The zero-order valence-electron chi connectivity index (χ0n) is 11.0. The summed E-state index contributed by atoms with van der Waals surface area (Å²) in [5.74, 6) is 0. The van der Waals surface area contributed by atoms with Gasteiger partial charge < -0.3 is 5.73 Å². The third kappa shape index (κ3) is 2.10. The number of nitrogens with two attached hydrogens (primary N) is 1. The maximum absolute atomic E-state index is 13.2. The quantitative estimate of drug-likeness (QED) is 0.933. The molecule has 4 nitrogen and oxygen atoms in total. The van der Waals surface area contributed by atoms with Gasteiger partial charge in [0.2, 0.25) is 0 Å². The molecule has 0 saturated heterocycles. The van der Waals surface area contributed by atoms with Gasteiger partial charge in [0, 0.05) is 30.1 Å². The summed E-state index contributed by atoms with van der Waals surface area (Å²) in [5, 5.41) is 4.12. The Hall–Kier alpha value is -1.82. The first-order valence-electron chi connectivity index (χ1n) is 6.73. The first-order valence-corrected chi connectivity index (χ1v) is 6.73. The number of aryl methyl sites for hydroxylation is 2. The highest BCUT2D eigenvalue weighted by Gasteiger charge is 2.28. The predicted octanol–water partition coefficient (Wildman–Crippen LogP) is 2.33. The number of pyridine rings is 1. The molecular weight excluding hydrogens is 262 g/mol. The molecule has 0 aliphatic heterocycles. The number of nitrogens with zero attached hydrogens (tertiary/aromatic N) is 3. The molecule has 3 rings (SSSR count). The Morgan fingerprint density at radius 2 is 2.20 bits per heavy atom. The van der Waals surface area contributed by atoms with Crippen LogP contribution >= 0.6 is 0 Å². The fraction of sp³-hybridized carbons (Fsp3) is 0.429. The van der Waals surface area contributed by atoms with Crippen molar-refractivity contribution in [2.75, 3.05) is 6.54 Å². The minimum Gasteiger partial charge on any atom is -0.330 e. The summed E-state index contributed by atoms with van der Waals surface area (Å²) >= 11 is 0. The van der Waals surface area contributed by atoms with E-state index in [1.165, 1.54) is 0 Å². The van der Waals surface area contributed by atoms with Crippen LogP contribution in [0.4, 0.5) is 8.78 Å². The molecule has 0 bridgehead atoms. The summed E-state index contributed by atoms with van der Waals surface area (Å²) in [6, 6.07) is 1.88. The normalized spacial score (nSPS) is 13.4. The summed E-state index contributed by atoms with van der Waals surface area (Å²) in [7, 11) is 0. The highest BCUT2D eigenvalue weighted by Crippen LogP contribution is 2.37. The van der Waals surface area contributed by atoms with Crippen LogP contribution in [0.5, 0.6) is 0 Å². The lowest BCUT2D eigenvalue weighted by molar-refractivity contribution is 0.144. The SMILES string of the molecule is NCCCn1nc(C(F)F)c2c1-c1ccncc1CC2. The van der Waals surface area contributed by atoms with Gasteiger partial charge in [0.1, 0.15) is 5.69 Å². The van der Waals surface area contributed by atoms with Gasteiger partial charge in [0.15, 0.2) is 0 Å². The zero-order chi connectivity index (χ0) is 14.1. The molecule has 20 heavy (non-hydrogen) atoms. The number of halogens is 2. The average molecular weight is 278 g/mol. The van der Waals surface area contributed by atoms with Crippen molar-refractivity contribution in [3.63, 3.8) is 0 Å². The van der Waals surface area contributed by atoms with Gasteiger partial charge in [-0.05, 0) is 37.4 Å². The van der Waals surface area contributed by atoms with Gasteiger partial charge in [0.05, 0.1) is 5.69 Å². The molecule has 0 radical (unpaired) electrons. The second-order valence-electron chi connectivity index (χ2n) is 4.91. The lowest BCUT2D eigenvalue weighted by Crippen LogP contribution is -2.11. The van der Waals surface area contributed by atoms with E-state index >= 15 is 0 Å². The third-order valence-electron chi connectivity index (χ3n) is 3.67. The molecule has 2 N–H and O–H groups in total.